The fourth-order valence-electron chi connectivity index (χ4n) is 4.10. The number of imidazole rings is 1. The first kappa shape index (κ1) is 27.5. The summed E-state index contributed by atoms with van der Waals surface area (Å²) in [6, 6.07) is 6.93. The lowest BCUT2D eigenvalue weighted by atomic mass is 10.1. The van der Waals surface area contributed by atoms with Gasteiger partial charge in [-0.3, -0.25) is 19.0 Å². The highest BCUT2D eigenvalue weighted by molar-refractivity contribution is 14.1. The number of hydrogen-bond acceptors (Lipinski definition) is 12. The number of esters is 3. The molecular formula is C24H26IN5O8. The Kier molecular flexibility index (Phi) is 8.61. The number of rotatable bonds is 9. The van der Waals surface area contributed by atoms with Gasteiger partial charge in [-0.15, -0.1) is 0 Å². The van der Waals surface area contributed by atoms with Crippen molar-refractivity contribution in [2.75, 3.05) is 18.5 Å². The first-order valence-electron chi connectivity index (χ1n) is 11.7. The molecule has 14 heteroatoms. The van der Waals surface area contributed by atoms with Gasteiger partial charge in [0.25, 0.3) is 0 Å². The number of carbonyl (C=O) groups excluding carboxylic acids is 3. The number of nitrogens with one attached hydrogen (secondary N) is 1. The maximum Gasteiger partial charge on any atom is 0.303 e. The summed E-state index contributed by atoms with van der Waals surface area (Å²) >= 11 is 1.98. The second-order valence-corrected chi connectivity index (χ2v) is 9.49. The Morgan fingerprint density at radius 3 is 2.39 bits per heavy atom. The van der Waals surface area contributed by atoms with E-state index in [4.69, 9.17) is 18.9 Å². The molecule has 2 N–H and O–H groups in total. The van der Waals surface area contributed by atoms with E-state index in [1.807, 2.05) is 34.7 Å². The monoisotopic (exact) mass is 639 g/mol. The predicted molar refractivity (Wildman–Crippen MR) is 140 cm³/mol. The third kappa shape index (κ3) is 6.48. The quantitative estimate of drug-likeness (QED) is 0.152. The van der Waals surface area contributed by atoms with Crippen LogP contribution in [0.5, 0.6) is 5.75 Å². The zero-order valence-electron chi connectivity index (χ0n) is 20.8. The number of phenolic OH excluding ortho intramolecular Hbond substituents is 1. The van der Waals surface area contributed by atoms with Crippen LogP contribution in [-0.2, 0) is 39.8 Å². The van der Waals surface area contributed by atoms with Gasteiger partial charge >= 0.3 is 17.9 Å². The summed E-state index contributed by atoms with van der Waals surface area (Å²) in [7, 11) is 0. The minimum absolute atomic E-state index is 0.200. The van der Waals surface area contributed by atoms with E-state index in [0.717, 1.165) is 5.56 Å². The van der Waals surface area contributed by atoms with E-state index in [-0.39, 0.29) is 12.4 Å². The minimum atomic E-state index is -1.06. The van der Waals surface area contributed by atoms with E-state index in [1.54, 1.807) is 16.7 Å². The second-order valence-electron chi connectivity index (χ2n) is 8.52. The molecule has 1 aromatic carbocycles. The Hall–Kier alpha value is -3.53. The standard InChI is InChI=1S/C24H26IN5O8/c1-12(31)35-10-17-19(36-13(2)32)20(37-14(3)33)23(38-17)30-11-27-18-21(28-24(25)29-22(18)30)26-9-8-15-4-6-16(34)7-5-15/h4-7,11,17,19-20,23,34H,8-10H2,1-3H3,(H,26,28,29)/t17-,19-,20-,23-/m1/s1. The molecule has 0 radical (unpaired) electrons. The Bertz CT molecular complexity index is 1330. The maximum atomic E-state index is 12.0. The number of anilines is 1. The van der Waals surface area contributed by atoms with Gasteiger partial charge in [-0.1, -0.05) is 12.1 Å². The summed E-state index contributed by atoms with van der Waals surface area (Å²) in [5.41, 5.74) is 1.88. The first-order valence-corrected chi connectivity index (χ1v) is 12.8. The molecule has 1 fully saturated rings. The molecule has 13 nitrogen and oxygen atoms in total. The van der Waals surface area contributed by atoms with Gasteiger partial charge in [0, 0.05) is 49.9 Å². The average Bonchev–Trinajstić information content (AvgIpc) is 3.39. The summed E-state index contributed by atoms with van der Waals surface area (Å²) in [5.74, 6) is -1.07. The lowest BCUT2D eigenvalue weighted by Crippen LogP contribution is -2.40. The van der Waals surface area contributed by atoms with Crippen LogP contribution in [0.4, 0.5) is 5.82 Å². The molecule has 0 aliphatic carbocycles. The zero-order valence-corrected chi connectivity index (χ0v) is 22.9. The van der Waals surface area contributed by atoms with Crippen molar-refractivity contribution in [3.63, 3.8) is 0 Å². The van der Waals surface area contributed by atoms with E-state index in [1.165, 1.54) is 27.1 Å². The van der Waals surface area contributed by atoms with E-state index in [2.05, 4.69) is 20.3 Å². The second kappa shape index (κ2) is 11.9. The van der Waals surface area contributed by atoms with Crippen molar-refractivity contribution in [2.24, 2.45) is 0 Å². The molecule has 202 valence electrons. The fourth-order valence-corrected chi connectivity index (χ4v) is 4.57. The molecule has 0 unspecified atom stereocenters. The number of aromatic nitrogens is 4. The van der Waals surface area contributed by atoms with Crippen LogP contribution in [0.15, 0.2) is 30.6 Å². The van der Waals surface area contributed by atoms with Crippen LogP contribution >= 0.6 is 22.6 Å². The molecule has 0 spiro atoms. The van der Waals surface area contributed by atoms with Crippen molar-refractivity contribution < 1.29 is 38.4 Å². The summed E-state index contributed by atoms with van der Waals surface area (Å²) in [4.78, 5) is 48.7. The van der Waals surface area contributed by atoms with Gasteiger partial charge in [0.05, 0.1) is 6.33 Å². The molecule has 1 aliphatic heterocycles. The summed E-state index contributed by atoms with van der Waals surface area (Å²) in [6.07, 6.45) is -1.84. The summed E-state index contributed by atoms with van der Waals surface area (Å²) < 4.78 is 24.2. The highest BCUT2D eigenvalue weighted by Crippen LogP contribution is 2.36. The smallest absolute Gasteiger partial charge is 0.303 e. The van der Waals surface area contributed by atoms with E-state index in [9.17, 15) is 19.5 Å². The molecule has 0 saturated carbocycles. The van der Waals surface area contributed by atoms with Crippen molar-refractivity contribution in [1.29, 1.82) is 0 Å². The molecule has 3 heterocycles. The lowest BCUT2D eigenvalue weighted by Gasteiger charge is -2.23. The maximum absolute atomic E-state index is 12.0. The van der Waals surface area contributed by atoms with Gasteiger partial charge in [0.2, 0.25) is 0 Å². The third-order valence-electron chi connectivity index (χ3n) is 5.65. The number of aromatic hydroxyl groups is 1. The van der Waals surface area contributed by atoms with Crippen molar-refractivity contribution in [3.05, 3.63) is 40.0 Å². The highest BCUT2D eigenvalue weighted by atomic mass is 127. The average molecular weight is 639 g/mol. The van der Waals surface area contributed by atoms with Crippen molar-refractivity contribution >= 4 is 57.5 Å². The number of fused-ring (bicyclic) bond motifs is 1. The largest absolute Gasteiger partial charge is 0.508 e. The van der Waals surface area contributed by atoms with Gasteiger partial charge in [-0.05, 0) is 24.1 Å². The number of hydrogen-bond donors (Lipinski definition) is 2. The van der Waals surface area contributed by atoms with Crippen LogP contribution in [-0.4, -0.2) is 74.0 Å². The number of phenols is 1. The Labute approximate surface area is 231 Å². The van der Waals surface area contributed by atoms with E-state index >= 15 is 0 Å². The minimum Gasteiger partial charge on any atom is -0.508 e. The van der Waals surface area contributed by atoms with Crippen LogP contribution < -0.4 is 5.32 Å². The molecule has 0 amide bonds. The van der Waals surface area contributed by atoms with Crippen LogP contribution in [0.3, 0.4) is 0 Å². The van der Waals surface area contributed by atoms with Crippen molar-refractivity contribution in [3.8, 4) is 5.75 Å². The Morgan fingerprint density at radius 1 is 1.05 bits per heavy atom. The van der Waals surface area contributed by atoms with Crippen LogP contribution in [0.1, 0.15) is 32.6 Å². The number of nitrogens with zero attached hydrogens (tertiary/aromatic N) is 4. The third-order valence-corrected chi connectivity index (χ3v) is 6.13. The van der Waals surface area contributed by atoms with E-state index in [0.29, 0.717) is 33.8 Å². The number of halogens is 1. The molecular weight excluding hydrogens is 613 g/mol. The van der Waals surface area contributed by atoms with Gasteiger partial charge in [-0.25, -0.2) is 15.0 Å². The molecule has 0 bridgehead atoms. The van der Waals surface area contributed by atoms with Gasteiger partial charge < -0.3 is 29.4 Å². The highest BCUT2D eigenvalue weighted by Gasteiger charge is 2.51. The molecule has 1 saturated heterocycles. The SMILES string of the molecule is CC(=O)OC[C@H]1O[C@@H](n2cnc3c(NCCc4ccc(O)cc4)nc(I)nc32)[C@H](OC(C)=O)[C@@H]1OC(C)=O. The fraction of sp³-hybridized carbons (Fsp3) is 0.417. The number of carbonyl (C=O) groups is 3. The Balaban J connectivity index is 1.63. The molecule has 38 heavy (non-hydrogen) atoms. The van der Waals surface area contributed by atoms with Crippen LogP contribution in [0, 0.1) is 3.83 Å². The molecule has 2 aromatic heterocycles. The van der Waals surface area contributed by atoms with Crippen molar-refractivity contribution in [2.45, 2.75) is 51.7 Å². The van der Waals surface area contributed by atoms with E-state index < -0.39 is 42.4 Å². The Morgan fingerprint density at radius 2 is 1.74 bits per heavy atom. The topological polar surface area (TPSA) is 164 Å². The molecule has 4 rings (SSSR count). The summed E-state index contributed by atoms with van der Waals surface area (Å²) in [5, 5.41) is 12.7. The first-order chi connectivity index (χ1) is 18.1. The van der Waals surface area contributed by atoms with Crippen molar-refractivity contribution in [1.82, 2.24) is 19.5 Å². The summed E-state index contributed by atoms with van der Waals surface area (Å²) in [6.45, 7) is 4.02. The molecule has 3 aromatic rings. The van der Waals surface area contributed by atoms with Crippen LogP contribution in [0.25, 0.3) is 11.2 Å². The van der Waals surface area contributed by atoms with Gasteiger partial charge in [-0.2, -0.15) is 0 Å². The zero-order chi connectivity index (χ0) is 27.4. The number of ether oxygens (including phenoxy) is 4. The normalized spacial score (nSPS) is 20.7. The molecule has 1 aliphatic rings. The molecule has 4 atom stereocenters. The lowest BCUT2D eigenvalue weighted by molar-refractivity contribution is -0.166. The van der Waals surface area contributed by atoms with Gasteiger partial charge in [0.15, 0.2) is 39.2 Å². The predicted octanol–water partition coefficient (Wildman–Crippen LogP) is 2.11. The number of benzene rings is 1. The van der Waals surface area contributed by atoms with Crippen LogP contribution in [0.2, 0.25) is 0 Å². The van der Waals surface area contributed by atoms with Gasteiger partial charge in [0.1, 0.15) is 18.5 Å².